The molecule has 0 atom stereocenters. The van der Waals surface area contributed by atoms with Crippen LogP contribution in [0.1, 0.15) is 21.7 Å². The molecule has 0 aliphatic rings. The van der Waals surface area contributed by atoms with Gasteiger partial charge in [-0.1, -0.05) is 30.3 Å². The van der Waals surface area contributed by atoms with Crippen LogP contribution in [0.25, 0.3) is 0 Å². The van der Waals surface area contributed by atoms with Crippen LogP contribution < -0.4 is 0 Å². The minimum atomic E-state index is -0.352. The third-order valence-electron chi connectivity index (χ3n) is 2.29. The van der Waals surface area contributed by atoms with Crippen molar-refractivity contribution in [3.63, 3.8) is 0 Å². The van der Waals surface area contributed by atoms with Gasteiger partial charge in [-0.2, -0.15) is 0 Å². The number of benzene rings is 1. The average molecular weight is 216 g/mol. The van der Waals surface area contributed by atoms with Gasteiger partial charge in [0, 0.05) is 0 Å². The zero-order valence-electron chi connectivity index (χ0n) is 8.97. The summed E-state index contributed by atoms with van der Waals surface area (Å²) in [6, 6.07) is 11.2. The number of carbonyl (C=O) groups is 1. The van der Waals surface area contributed by atoms with Gasteiger partial charge in [-0.05, 0) is 18.6 Å². The first-order valence-corrected chi connectivity index (χ1v) is 5.02. The molecular weight excluding hydrogens is 204 g/mol. The van der Waals surface area contributed by atoms with Crippen LogP contribution in [-0.4, -0.2) is 5.97 Å². The molecule has 0 saturated heterocycles. The lowest BCUT2D eigenvalue weighted by Gasteiger charge is -2.03. The van der Waals surface area contributed by atoms with Crippen LogP contribution in [-0.2, 0) is 11.3 Å². The van der Waals surface area contributed by atoms with Crippen LogP contribution >= 0.6 is 0 Å². The standard InChI is InChI=1S/C13H12O3/c1-10-12(7-8-15-10)13(14)16-9-11-5-3-2-4-6-11/h2-8H,9H2,1H3. The van der Waals surface area contributed by atoms with Crippen molar-refractivity contribution in [1.29, 1.82) is 0 Å². The Labute approximate surface area is 93.7 Å². The van der Waals surface area contributed by atoms with Crippen molar-refractivity contribution in [2.75, 3.05) is 0 Å². The summed E-state index contributed by atoms with van der Waals surface area (Å²) in [4.78, 5) is 11.6. The van der Waals surface area contributed by atoms with Crippen molar-refractivity contribution in [2.45, 2.75) is 13.5 Å². The number of ether oxygens (including phenoxy) is 1. The highest BCUT2D eigenvalue weighted by Crippen LogP contribution is 2.11. The monoisotopic (exact) mass is 216 g/mol. The lowest BCUT2D eigenvalue weighted by molar-refractivity contribution is 0.0470. The van der Waals surface area contributed by atoms with E-state index in [1.807, 2.05) is 30.3 Å². The fraction of sp³-hybridized carbons (Fsp3) is 0.154. The predicted octanol–water partition coefficient (Wildman–Crippen LogP) is 2.95. The minimum absolute atomic E-state index is 0.282. The third-order valence-corrected chi connectivity index (χ3v) is 2.29. The molecule has 1 aromatic heterocycles. The lowest BCUT2D eigenvalue weighted by atomic mass is 10.2. The van der Waals surface area contributed by atoms with E-state index >= 15 is 0 Å². The van der Waals surface area contributed by atoms with E-state index in [9.17, 15) is 4.79 Å². The molecule has 2 aromatic rings. The van der Waals surface area contributed by atoms with Gasteiger partial charge in [0.25, 0.3) is 0 Å². The summed E-state index contributed by atoms with van der Waals surface area (Å²) in [5, 5.41) is 0. The highest BCUT2D eigenvalue weighted by atomic mass is 16.5. The highest BCUT2D eigenvalue weighted by Gasteiger charge is 2.12. The number of furan rings is 1. The van der Waals surface area contributed by atoms with Crippen molar-refractivity contribution in [1.82, 2.24) is 0 Å². The maximum Gasteiger partial charge on any atom is 0.342 e. The third kappa shape index (κ3) is 2.31. The van der Waals surface area contributed by atoms with Gasteiger partial charge >= 0.3 is 5.97 Å². The van der Waals surface area contributed by atoms with Crippen LogP contribution in [0.4, 0.5) is 0 Å². The minimum Gasteiger partial charge on any atom is -0.469 e. The molecule has 0 fully saturated rings. The first kappa shape index (κ1) is 10.5. The van der Waals surface area contributed by atoms with Crippen LogP contribution in [0.5, 0.6) is 0 Å². The number of hydrogen-bond acceptors (Lipinski definition) is 3. The van der Waals surface area contributed by atoms with Crippen molar-refractivity contribution < 1.29 is 13.9 Å². The van der Waals surface area contributed by atoms with Crippen LogP contribution in [0.3, 0.4) is 0 Å². The second-order valence-electron chi connectivity index (χ2n) is 3.45. The van der Waals surface area contributed by atoms with E-state index in [1.54, 1.807) is 13.0 Å². The molecule has 0 aliphatic heterocycles. The van der Waals surface area contributed by atoms with E-state index in [0.717, 1.165) is 5.56 Å². The Morgan fingerprint density at radius 2 is 2.00 bits per heavy atom. The van der Waals surface area contributed by atoms with Gasteiger partial charge in [0.15, 0.2) is 0 Å². The van der Waals surface area contributed by atoms with Gasteiger partial charge in [0.2, 0.25) is 0 Å². The Balaban J connectivity index is 1.97. The van der Waals surface area contributed by atoms with Crippen LogP contribution in [0, 0.1) is 6.92 Å². The van der Waals surface area contributed by atoms with Crippen molar-refractivity contribution in [3.05, 3.63) is 59.5 Å². The summed E-state index contributed by atoms with van der Waals surface area (Å²) < 4.78 is 10.2. The summed E-state index contributed by atoms with van der Waals surface area (Å²) in [5.74, 6) is 0.230. The molecule has 82 valence electrons. The molecule has 0 bridgehead atoms. The molecule has 1 heterocycles. The number of aryl methyl sites for hydroxylation is 1. The molecule has 16 heavy (non-hydrogen) atoms. The van der Waals surface area contributed by atoms with Gasteiger partial charge in [-0.15, -0.1) is 0 Å². The molecule has 0 N–H and O–H groups in total. The molecule has 3 nitrogen and oxygen atoms in total. The number of carbonyl (C=O) groups excluding carboxylic acids is 1. The topological polar surface area (TPSA) is 39.4 Å². The lowest BCUT2D eigenvalue weighted by Crippen LogP contribution is -2.05. The maximum absolute atomic E-state index is 11.6. The van der Waals surface area contributed by atoms with Crippen LogP contribution in [0.15, 0.2) is 47.1 Å². The fourth-order valence-electron chi connectivity index (χ4n) is 1.40. The van der Waals surface area contributed by atoms with Crippen molar-refractivity contribution >= 4 is 5.97 Å². The summed E-state index contributed by atoms with van der Waals surface area (Å²) in [6.45, 7) is 2.02. The first-order chi connectivity index (χ1) is 7.77. The number of rotatable bonds is 3. The predicted molar refractivity (Wildman–Crippen MR) is 59.0 cm³/mol. The van der Waals surface area contributed by atoms with Crippen molar-refractivity contribution in [2.24, 2.45) is 0 Å². The molecule has 1 aromatic carbocycles. The van der Waals surface area contributed by atoms with E-state index in [0.29, 0.717) is 11.3 Å². The Hall–Kier alpha value is -2.03. The quantitative estimate of drug-likeness (QED) is 0.740. The second-order valence-corrected chi connectivity index (χ2v) is 3.45. The molecule has 0 saturated carbocycles. The summed E-state index contributed by atoms with van der Waals surface area (Å²) in [7, 11) is 0. The Morgan fingerprint density at radius 3 is 2.62 bits per heavy atom. The molecule has 0 radical (unpaired) electrons. The zero-order valence-corrected chi connectivity index (χ0v) is 8.97. The van der Waals surface area contributed by atoms with Gasteiger partial charge < -0.3 is 9.15 Å². The van der Waals surface area contributed by atoms with Gasteiger partial charge in [0.05, 0.1) is 6.26 Å². The zero-order chi connectivity index (χ0) is 11.4. The van der Waals surface area contributed by atoms with E-state index < -0.39 is 0 Å². The van der Waals surface area contributed by atoms with Gasteiger partial charge in [-0.25, -0.2) is 4.79 Å². The molecule has 0 unspecified atom stereocenters. The Morgan fingerprint density at radius 1 is 1.25 bits per heavy atom. The average Bonchev–Trinajstić information content (AvgIpc) is 2.74. The smallest absolute Gasteiger partial charge is 0.342 e. The second kappa shape index (κ2) is 4.66. The SMILES string of the molecule is Cc1occc1C(=O)OCc1ccccc1. The Bertz CT molecular complexity index is 471. The largest absolute Gasteiger partial charge is 0.469 e. The summed E-state index contributed by atoms with van der Waals surface area (Å²) in [5.41, 5.74) is 1.45. The molecule has 3 heteroatoms. The number of hydrogen-bond donors (Lipinski definition) is 0. The van der Waals surface area contributed by atoms with E-state index in [4.69, 9.17) is 9.15 Å². The van der Waals surface area contributed by atoms with Crippen LogP contribution in [0.2, 0.25) is 0 Å². The molecule has 0 aliphatic carbocycles. The first-order valence-electron chi connectivity index (χ1n) is 5.02. The molecular formula is C13H12O3. The Kier molecular flexibility index (Phi) is 3.05. The van der Waals surface area contributed by atoms with E-state index in [-0.39, 0.29) is 12.6 Å². The summed E-state index contributed by atoms with van der Waals surface area (Å²) >= 11 is 0. The van der Waals surface area contributed by atoms with E-state index in [2.05, 4.69) is 0 Å². The highest BCUT2D eigenvalue weighted by molar-refractivity contribution is 5.90. The van der Waals surface area contributed by atoms with Gasteiger partial charge in [0.1, 0.15) is 17.9 Å². The maximum atomic E-state index is 11.6. The van der Waals surface area contributed by atoms with E-state index in [1.165, 1.54) is 6.26 Å². The summed E-state index contributed by atoms with van der Waals surface area (Å²) in [6.07, 6.45) is 1.48. The normalized spacial score (nSPS) is 10.1. The molecule has 0 amide bonds. The van der Waals surface area contributed by atoms with Gasteiger partial charge in [-0.3, -0.25) is 0 Å². The number of esters is 1. The fourth-order valence-corrected chi connectivity index (χ4v) is 1.40. The van der Waals surface area contributed by atoms with Crippen molar-refractivity contribution in [3.8, 4) is 0 Å². The molecule has 0 spiro atoms. The molecule has 2 rings (SSSR count).